The third-order valence-electron chi connectivity index (χ3n) is 2.58. The summed E-state index contributed by atoms with van der Waals surface area (Å²) in [5.74, 6) is 0.564. The van der Waals surface area contributed by atoms with Crippen LogP contribution in [0.3, 0.4) is 0 Å². The summed E-state index contributed by atoms with van der Waals surface area (Å²) < 4.78 is 0. The van der Waals surface area contributed by atoms with Crippen LogP contribution in [0, 0.1) is 0 Å². The Morgan fingerprint density at radius 2 is 2.28 bits per heavy atom. The molecule has 0 radical (unpaired) electrons. The first kappa shape index (κ1) is 14.4. The molecule has 5 heteroatoms. The first-order valence-corrected chi connectivity index (χ1v) is 6.24. The number of hydrogen-bond donors (Lipinski definition) is 2. The number of anilines is 1. The fraction of sp³-hybridized carbons (Fsp3) is 0.538. The Hall–Kier alpha value is -1.62. The zero-order valence-corrected chi connectivity index (χ0v) is 11.3. The van der Waals surface area contributed by atoms with Crippen molar-refractivity contribution in [3.8, 4) is 0 Å². The number of nitrogens with two attached hydrogens (primary N) is 1. The van der Waals surface area contributed by atoms with Crippen molar-refractivity contribution in [3.63, 3.8) is 0 Å². The Kier molecular flexibility index (Phi) is 5.58. The predicted molar refractivity (Wildman–Crippen MR) is 72.9 cm³/mol. The Morgan fingerprint density at radius 3 is 2.83 bits per heavy atom. The van der Waals surface area contributed by atoms with Crippen molar-refractivity contribution in [1.82, 2.24) is 15.2 Å². The molecule has 5 nitrogen and oxygen atoms in total. The number of rotatable bonds is 6. The number of hydrogen-bond acceptors (Lipinski definition) is 4. The molecule has 1 rings (SSSR count). The summed E-state index contributed by atoms with van der Waals surface area (Å²) in [5, 5.41) is 2.88. The fourth-order valence-electron chi connectivity index (χ4n) is 1.68. The monoisotopic (exact) mass is 250 g/mol. The van der Waals surface area contributed by atoms with Crippen molar-refractivity contribution in [3.05, 3.63) is 23.9 Å². The third-order valence-corrected chi connectivity index (χ3v) is 2.58. The first-order chi connectivity index (χ1) is 8.52. The number of carbonyl (C=O) groups is 1. The Bertz CT molecular complexity index is 392. The second kappa shape index (κ2) is 6.96. The Labute approximate surface area is 108 Å². The lowest BCUT2D eigenvalue weighted by atomic mass is 10.2. The zero-order chi connectivity index (χ0) is 13.5. The normalized spacial score (nSPS) is 10.9. The van der Waals surface area contributed by atoms with E-state index in [0.29, 0.717) is 18.9 Å². The standard InChI is InChI=1S/C13H22N4O/c1-4-17(9-12(18)16-10(2)3)8-11-6-5-7-15-13(11)14/h5-7,10H,4,8-9H2,1-3H3,(H2,14,15)(H,16,18). The smallest absolute Gasteiger partial charge is 0.234 e. The summed E-state index contributed by atoms with van der Waals surface area (Å²) in [4.78, 5) is 17.8. The SMILES string of the molecule is CCN(CC(=O)NC(C)C)Cc1cccnc1N. The molecule has 0 saturated carbocycles. The van der Waals surface area contributed by atoms with Gasteiger partial charge >= 0.3 is 0 Å². The van der Waals surface area contributed by atoms with E-state index in [1.165, 1.54) is 0 Å². The summed E-state index contributed by atoms with van der Waals surface area (Å²) in [6, 6.07) is 3.96. The van der Waals surface area contributed by atoms with E-state index in [1.54, 1.807) is 6.20 Å². The van der Waals surface area contributed by atoms with E-state index < -0.39 is 0 Å². The molecule has 0 unspecified atom stereocenters. The lowest BCUT2D eigenvalue weighted by Crippen LogP contribution is -2.39. The number of amides is 1. The Balaban J connectivity index is 2.57. The van der Waals surface area contributed by atoms with Crippen LogP contribution in [0.2, 0.25) is 0 Å². The van der Waals surface area contributed by atoms with Gasteiger partial charge in [0, 0.05) is 24.3 Å². The van der Waals surface area contributed by atoms with Gasteiger partial charge in [-0.1, -0.05) is 13.0 Å². The molecule has 0 aliphatic rings. The molecule has 1 aromatic heterocycles. The van der Waals surface area contributed by atoms with Gasteiger partial charge in [0.1, 0.15) is 5.82 Å². The van der Waals surface area contributed by atoms with Crippen molar-refractivity contribution in [2.45, 2.75) is 33.4 Å². The van der Waals surface area contributed by atoms with Crippen LogP contribution in [0.5, 0.6) is 0 Å². The van der Waals surface area contributed by atoms with Crippen LogP contribution in [0.15, 0.2) is 18.3 Å². The maximum Gasteiger partial charge on any atom is 0.234 e. The highest BCUT2D eigenvalue weighted by Gasteiger charge is 2.11. The molecule has 0 saturated heterocycles. The van der Waals surface area contributed by atoms with Crippen LogP contribution in [0.1, 0.15) is 26.3 Å². The topological polar surface area (TPSA) is 71.2 Å². The van der Waals surface area contributed by atoms with Crippen molar-refractivity contribution >= 4 is 11.7 Å². The largest absolute Gasteiger partial charge is 0.383 e. The molecule has 1 heterocycles. The molecular weight excluding hydrogens is 228 g/mol. The van der Waals surface area contributed by atoms with Crippen molar-refractivity contribution in [2.75, 3.05) is 18.8 Å². The van der Waals surface area contributed by atoms with Gasteiger partial charge in [-0.15, -0.1) is 0 Å². The van der Waals surface area contributed by atoms with Gasteiger partial charge in [-0.05, 0) is 26.5 Å². The molecule has 0 aromatic carbocycles. The van der Waals surface area contributed by atoms with E-state index in [-0.39, 0.29) is 11.9 Å². The third kappa shape index (κ3) is 4.71. The van der Waals surface area contributed by atoms with Crippen molar-refractivity contribution in [1.29, 1.82) is 0 Å². The van der Waals surface area contributed by atoms with Gasteiger partial charge in [-0.25, -0.2) is 4.98 Å². The summed E-state index contributed by atoms with van der Waals surface area (Å²) in [5.41, 5.74) is 6.75. The summed E-state index contributed by atoms with van der Waals surface area (Å²) in [7, 11) is 0. The van der Waals surface area contributed by atoms with Gasteiger partial charge in [0.15, 0.2) is 0 Å². The maximum atomic E-state index is 11.7. The number of carbonyl (C=O) groups excluding carboxylic acids is 1. The van der Waals surface area contributed by atoms with E-state index in [9.17, 15) is 4.79 Å². The Morgan fingerprint density at radius 1 is 1.56 bits per heavy atom. The average molecular weight is 250 g/mol. The highest BCUT2D eigenvalue weighted by atomic mass is 16.2. The van der Waals surface area contributed by atoms with Crippen LogP contribution in [0.4, 0.5) is 5.82 Å². The highest BCUT2D eigenvalue weighted by Crippen LogP contribution is 2.10. The van der Waals surface area contributed by atoms with Gasteiger partial charge in [0.25, 0.3) is 0 Å². The number of nitrogens with zero attached hydrogens (tertiary/aromatic N) is 2. The number of nitrogens with one attached hydrogen (secondary N) is 1. The lowest BCUT2D eigenvalue weighted by molar-refractivity contribution is -0.122. The van der Waals surface area contributed by atoms with Crippen LogP contribution >= 0.6 is 0 Å². The molecule has 0 fully saturated rings. The van der Waals surface area contributed by atoms with E-state index in [4.69, 9.17) is 5.73 Å². The van der Waals surface area contributed by atoms with Crippen molar-refractivity contribution < 1.29 is 4.79 Å². The quantitative estimate of drug-likeness (QED) is 0.790. The lowest BCUT2D eigenvalue weighted by Gasteiger charge is -2.21. The number of nitrogen functional groups attached to an aromatic ring is 1. The van der Waals surface area contributed by atoms with E-state index >= 15 is 0 Å². The molecule has 0 bridgehead atoms. The van der Waals surface area contributed by atoms with Crippen molar-refractivity contribution in [2.24, 2.45) is 0 Å². The number of likely N-dealkylation sites (N-methyl/N-ethyl adjacent to an activating group) is 1. The molecule has 0 aliphatic carbocycles. The molecule has 18 heavy (non-hydrogen) atoms. The molecule has 0 aliphatic heterocycles. The molecular formula is C13H22N4O. The molecule has 0 spiro atoms. The predicted octanol–water partition coefficient (Wildman–Crippen LogP) is 1.01. The van der Waals surface area contributed by atoms with Crippen LogP contribution in [0.25, 0.3) is 0 Å². The van der Waals surface area contributed by atoms with Gasteiger partial charge in [0.05, 0.1) is 6.54 Å². The maximum absolute atomic E-state index is 11.7. The highest BCUT2D eigenvalue weighted by molar-refractivity contribution is 5.78. The molecule has 1 aromatic rings. The second-order valence-corrected chi connectivity index (χ2v) is 4.57. The minimum absolute atomic E-state index is 0.0364. The molecule has 1 amide bonds. The number of pyridine rings is 1. The van der Waals surface area contributed by atoms with E-state index in [2.05, 4.69) is 10.3 Å². The minimum atomic E-state index is 0.0364. The summed E-state index contributed by atoms with van der Waals surface area (Å²) in [6.45, 7) is 7.74. The minimum Gasteiger partial charge on any atom is -0.383 e. The van der Waals surface area contributed by atoms with Crippen LogP contribution in [-0.2, 0) is 11.3 Å². The average Bonchev–Trinajstić information content (AvgIpc) is 2.30. The second-order valence-electron chi connectivity index (χ2n) is 4.57. The van der Waals surface area contributed by atoms with Gasteiger partial charge < -0.3 is 11.1 Å². The fourth-order valence-corrected chi connectivity index (χ4v) is 1.68. The van der Waals surface area contributed by atoms with Crippen LogP contribution < -0.4 is 11.1 Å². The van der Waals surface area contributed by atoms with Gasteiger partial charge in [-0.2, -0.15) is 0 Å². The van der Waals surface area contributed by atoms with Crippen LogP contribution in [-0.4, -0.2) is 34.9 Å². The summed E-state index contributed by atoms with van der Waals surface area (Å²) >= 11 is 0. The molecule has 0 atom stereocenters. The number of aromatic nitrogens is 1. The molecule has 3 N–H and O–H groups in total. The summed E-state index contributed by atoms with van der Waals surface area (Å²) in [6.07, 6.45) is 1.67. The van der Waals surface area contributed by atoms with Gasteiger partial charge in [0.2, 0.25) is 5.91 Å². The first-order valence-electron chi connectivity index (χ1n) is 6.24. The van der Waals surface area contributed by atoms with Gasteiger partial charge in [-0.3, -0.25) is 9.69 Å². The van der Waals surface area contributed by atoms with E-state index in [0.717, 1.165) is 12.1 Å². The van der Waals surface area contributed by atoms with E-state index in [1.807, 2.05) is 37.8 Å². The molecule has 100 valence electrons. The zero-order valence-electron chi connectivity index (χ0n) is 11.3.